The number of anilines is 1. The maximum Gasteiger partial charge on any atom is 0.414 e. The molecule has 2 saturated heterocycles. The van der Waals surface area contributed by atoms with E-state index in [0.29, 0.717) is 19.6 Å². The first-order valence-corrected chi connectivity index (χ1v) is 11.2. The molecule has 1 unspecified atom stereocenters. The Morgan fingerprint density at radius 2 is 1.89 bits per heavy atom. The van der Waals surface area contributed by atoms with Gasteiger partial charge in [0.25, 0.3) is 0 Å². The minimum atomic E-state index is -1.18. The average molecular weight is 480 g/mol. The third kappa shape index (κ3) is 3.28. The molecule has 1 saturated carbocycles. The van der Waals surface area contributed by atoms with Gasteiger partial charge in [0.05, 0.1) is 36.5 Å². The number of nitrogens with zero attached hydrogens (tertiary/aromatic N) is 5. The number of aromatic nitrogens is 3. The molecule has 2 aromatic carbocycles. The average Bonchev–Trinajstić information content (AvgIpc) is 3.36. The molecule has 0 spiro atoms. The van der Waals surface area contributed by atoms with Crippen molar-refractivity contribution in [3.8, 4) is 17.2 Å². The summed E-state index contributed by atoms with van der Waals surface area (Å²) in [6.07, 6.45) is 2.02. The van der Waals surface area contributed by atoms with E-state index in [1.54, 1.807) is 6.20 Å². The number of halogens is 3. The zero-order valence-corrected chi connectivity index (χ0v) is 18.3. The molecule has 1 N–H and O–H groups in total. The van der Waals surface area contributed by atoms with Crippen LogP contribution >= 0.6 is 0 Å². The lowest BCUT2D eigenvalue weighted by atomic mass is 9.89. The maximum atomic E-state index is 15.1. The van der Waals surface area contributed by atoms with Gasteiger partial charge in [0.2, 0.25) is 0 Å². The SMILES string of the molecule is N#CC1(c2c(F)cc(-c3ccc(N4C[C@H](Cn5ccnn5)OC4=O)cc3F)cc2F)[C@@H]2CNC[C@@H]21. The standard InChI is InChI=1S/C24H19F3N6O2/c25-19-7-14(33-11-15(35-23(33)34)10-32-4-3-30-31-32)1-2-16(19)13-5-20(26)22(21(27)6-13)24(12-28)17-8-29-9-18(17)24/h1-7,15,17-18,29H,8-11H2/t15-,17-,18+,24?/m0/s1. The van der Waals surface area contributed by atoms with E-state index in [-0.39, 0.29) is 40.8 Å². The lowest BCUT2D eigenvalue weighted by Crippen LogP contribution is -2.26. The highest BCUT2D eigenvalue weighted by molar-refractivity contribution is 5.90. The molecule has 35 heavy (non-hydrogen) atoms. The topological polar surface area (TPSA) is 96.1 Å². The highest BCUT2D eigenvalue weighted by Crippen LogP contribution is 2.62. The van der Waals surface area contributed by atoms with Gasteiger partial charge >= 0.3 is 6.09 Å². The number of carbonyl (C=O) groups is 1. The largest absolute Gasteiger partial charge is 0.442 e. The summed E-state index contributed by atoms with van der Waals surface area (Å²) >= 11 is 0. The molecule has 2 aliphatic heterocycles. The van der Waals surface area contributed by atoms with Crippen LogP contribution in [0, 0.1) is 40.6 Å². The molecule has 1 aromatic heterocycles. The first-order chi connectivity index (χ1) is 16.9. The van der Waals surface area contributed by atoms with Crippen LogP contribution in [-0.2, 0) is 16.7 Å². The highest BCUT2D eigenvalue weighted by atomic mass is 19.1. The second-order valence-electron chi connectivity index (χ2n) is 9.07. The summed E-state index contributed by atoms with van der Waals surface area (Å²) in [5.74, 6) is -2.74. The summed E-state index contributed by atoms with van der Waals surface area (Å²) in [5.41, 5.74) is -1.17. The molecule has 178 valence electrons. The van der Waals surface area contributed by atoms with Gasteiger partial charge in [-0.05, 0) is 35.9 Å². The normalized spacial score (nSPS) is 27.0. The number of hydrogen-bond donors (Lipinski definition) is 1. The van der Waals surface area contributed by atoms with E-state index in [4.69, 9.17) is 4.74 Å². The van der Waals surface area contributed by atoms with Crippen LogP contribution in [0.3, 0.4) is 0 Å². The fourth-order valence-electron chi connectivity index (χ4n) is 5.53. The monoisotopic (exact) mass is 480 g/mol. The first-order valence-electron chi connectivity index (χ1n) is 11.2. The van der Waals surface area contributed by atoms with Crippen molar-refractivity contribution in [2.75, 3.05) is 24.5 Å². The van der Waals surface area contributed by atoms with Crippen molar-refractivity contribution in [1.29, 1.82) is 5.26 Å². The van der Waals surface area contributed by atoms with Gasteiger partial charge in [-0.25, -0.2) is 22.6 Å². The van der Waals surface area contributed by atoms with Gasteiger partial charge in [0, 0.05) is 42.2 Å². The molecule has 4 atom stereocenters. The number of ether oxygens (including phenoxy) is 1. The van der Waals surface area contributed by atoms with Crippen LogP contribution in [0.4, 0.5) is 23.7 Å². The number of carbonyl (C=O) groups excluding carboxylic acids is 1. The number of nitriles is 1. The van der Waals surface area contributed by atoms with Crippen molar-refractivity contribution in [3.05, 3.63) is 65.7 Å². The van der Waals surface area contributed by atoms with E-state index in [9.17, 15) is 10.1 Å². The van der Waals surface area contributed by atoms with Crippen LogP contribution in [-0.4, -0.2) is 46.8 Å². The summed E-state index contributed by atoms with van der Waals surface area (Å²) in [4.78, 5) is 13.6. The number of rotatable bonds is 5. The van der Waals surface area contributed by atoms with Gasteiger partial charge < -0.3 is 10.1 Å². The minimum absolute atomic E-state index is 0.0119. The van der Waals surface area contributed by atoms with Gasteiger partial charge in [0.15, 0.2) is 0 Å². The second-order valence-corrected chi connectivity index (χ2v) is 9.07. The van der Waals surface area contributed by atoms with Crippen molar-refractivity contribution in [2.45, 2.75) is 18.1 Å². The van der Waals surface area contributed by atoms with Crippen molar-refractivity contribution in [2.24, 2.45) is 11.8 Å². The molecule has 1 aliphatic carbocycles. The smallest absolute Gasteiger partial charge is 0.414 e. The molecule has 11 heteroatoms. The molecule has 0 bridgehead atoms. The fourth-order valence-corrected chi connectivity index (χ4v) is 5.53. The fraction of sp³-hybridized carbons (Fsp3) is 0.333. The molecular weight excluding hydrogens is 461 g/mol. The summed E-state index contributed by atoms with van der Waals surface area (Å²) in [5, 5.41) is 20.4. The molecule has 6 rings (SSSR count). The van der Waals surface area contributed by atoms with Crippen LogP contribution in [0.2, 0.25) is 0 Å². The van der Waals surface area contributed by atoms with Crippen LogP contribution in [0.1, 0.15) is 5.56 Å². The van der Waals surface area contributed by atoms with E-state index in [1.807, 2.05) is 0 Å². The van der Waals surface area contributed by atoms with E-state index in [0.717, 1.165) is 18.2 Å². The molecule has 8 nitrogen and oxygen atoms in total. The first kappa shape index (κ1) is 21.6. The number of amides is 1. The van der Waals surface area contributed by atoms with Crippen LogP contribution < -0.4 is 10.2 Å². The Balaban J connectivity index is 1.26. The molecule has 3 aromatic rings. The zero-order valence-electron chi connectivity index (χ0n) is 18.3. The van der Waals surface area contributed by atoms with Crippen LogP contribution in [0.25, 0.3) is 11.1 Å². The second kappa shape index (κ2) is 7.81. The highest BCUT2D eigenvalue weighted by Gasteiger charge is 2.69. The number of hydrogen-bond acceptors (Lipinski definition) is 6. The Kier molecular flexibility index (Phi) is 4.82. The summed E-state index contributed by atoms with van der Waals surface area (Å²) in [6.45, 7) is 1.56. The Morgan fingerprint density at radius 3 is 2.51 bits per heavy atom. The van der Waals surface area contributed by atoms with E-state index in [2.05, 4.69) is 21.7 Å². The summed E-state index contributed by atoms with van der Waals surface area (Å²) < 4.78 is 52.2. The van der Waals surface area contributed by atoms with Crippen molar-refractivity contribution in [1.82, 2.24) is 20.3 Å². The minimum Gasteiger partial charge on any atom is -0.442 e. The van der Waals surface area contributed by atoms with Gasteiger partial charge in [-0.1, -0.05) is 5.21 Å². The summed E-state index contributed by atoms with van der Waals surface area (Å²) in [7, 11) is 0. The van der Waals surface area contributed by atoms with Crippen molar-refractivity contribution in [3.63, 3.8) is 0 Å². The number of piperidine rings is 1. The summed E-state index contributed by atoms with van der Waals surface area (Å²) in [6, 6.07) is 8.25. The van der Waals surface area contributed by atoms with Gasteiger partial charge in [-0.3, -0.25) is 4.90 Å². The zero-order chi connectivity index (χ0) is 24.3. The van der Waals surface area contributed by atoms with Crippen molar-refractivity contribution >= 4 is 11.8 Å². The number of benzene rings is 2. The van der Waals surface area contributed by atoms with Gasteiger partial charge in [0.1, 0.15) is 23.6 Å². The molecule has 3 aliphatic rings. The lowest BCUT2D eigenvalue weighted by molar-refractivity contribution is 0.129. The van der Waals surface area contributed by atoms with Gasteiger partial charge in [-0.15, -0.1) is 5.10 Å². The quantitative estimate of drug-likeness (QED) is 0.603. The van der Waals surface area contributed by atoms with Crippen LogP contribution in [0.5, 0.6) is 0 Å². The lowest BCUT2D eigenvalue weighted by Gasteiger charge is -2.17. The Bertz CT molecular complexity index is 1340. The Hall–Kier alpha value is -3.91. The third-order valence-corrected chi connectivity index (χ3v) is 7.23. The predicted molar refractivity (Wildman–Crippen MR) is 117 cm³/mol. The van der Waals surface area contributed by atoms with E-state index >= 15 is 13.2 Å². The molecule has 0 radical (unpaired) electrons. The molecule has 1 amide bonds. The predicted octanol–water partition coefficient (Wildman–Crippen LogP) is 3.00. The van der Waals surface area contributed by atoms with E-state index in [1.165, 1.54) is 27.9 Å². The van der Waals surface area contributed by atoms with Crippen LogP contribution in [0.15, 0.2) is 42.7 Å². The Morgan fingerprint density at radius 1 is 1.14 bits per heavy atom. The number of cyclic esters (lactones) is 1. The maximum absolute atomic E-state index is 15.1. The third-order valence-electron chi connectivity index (χ3n) is 7.23. The molecular formula is C24H19F3N6O2. The Labute approximate surface area is 197 Å². The van der Waals surface area contributed by atoms with Crippen molar-refractivity contribution < 1.29 is 22.7 Å². The van der Waals surface area contributed by atoms with Gasteiger partial charge in [-0.2, -0.15) is 5.26 Å². The number of fused-ring (bicyclic) bond motifs is 1. The molecule has 3 fully saturated rings. The molecule has 3 heterocycles. The van der Waals surface area contributed by atoms with E-state index < -0.39 is 35.1 Å². The number of nitrogens with one attached hydrogen (secondary N) is 1.